The van der Waals surface area contributed by atoms with E-state index < -0.39 is 0 Å². The summed E-state index contributed by atoms with van der Waals surface area (Å²) in [5.74, 6) is 1.63. The molecule has 3 rings (SSSR count). The Kier molecular flexibility index (Phi) is 7.65. The number of carbonyl (C=O) groups excluding carboxylic acids is 1. The van der Waals surface area contributed by atoms with Gasteiger partial charge in [0.25, 0.3) is 0 Å². The average Bonchev–Trinajstić information content (AvgIpc) is 3.21. The first-order valence-electron chi connectivity index (χ1n) is 9.89. The van der Waals surface area contributed by atoms with Gasteiger partial charge in [0.1, 0.15) is 5.01 Å². The molecule has 2 aromatic rings. The van der Waals surface area contributed by atoms with Gasteiger partial charge in [0.05, 0.1) is 20.8 Å². The highest BCUT2D eigenvalue weighted by atomic mass is 32.1. The monoisotopic (exact) mass is 420 g/mol. The van der Waals surface area contributed by atoms with Gasteiger partial charge in [0, 0.05) is 18.5 Å². The van der Waals surface area contributed by atoms with E-state index in [4.69, 9.17) is 14.2 Å². The molecule has 1 aromatic carbocycles. The minimum absolute atomic E-state index is 0.0415. The van der Waals surface area contributed by atoms with E-state index >= 15 is 0 Å². The summed E-state index contributed by atoms with van der Waals surface area (Å²) in [6.45, 7) is 5.34. The Bertz CT molecular complexity index is 796. The SMILES string of the molecule is CCOc1c(OC)cc(-c2nnc(NC(=O)CCN3CCCCC3)s2)cc1OC. The lowest BCUT2D eigenvalue weighted by Crippen LogP contribution is -2.32. The standard InChI is InChI=1S/C20H28N4O4S/c1-4-28-18-15(26-2)12-14(13-16(18)27-3)19-22-23-20(29-19)21-17(25)8-11-24-9-6-5-7-10-24/h12-13H,4-11H2,1-3H3,(H,21,23,25). The zero-order valence-corrected chi connectivity index (χ0v) is 18.0. The number of piperidine rings is 1. The third-order valence-corrected chi connectivity index (χ3v) is 5.66. The molecule has 1 aliphatic heterocycles. The highest BCUT2D eigenvalue weighted by Crippen LogP contribution is 2.42. The molecule has 29 heavy (non-hydrogen) atoms. The van der Waals surface area contributed by atoms with Crippen LogP contribution in [-0.2, 0) is 4.79 Å². The highest BCUT2D eigenvalue weighted by Gasteiger charge is 2.18. The van der Waals surface area contributed by atoms with Gasteiger partial charge < -0.3 is 24.4 Å². The Morgan fingerprint density at radius 2 is 1.83 bits per heavy atom. The van der Waals surface area contributed by atoms with Crippen LogP contribution in [0.2, 0.25) is 0 Å². The van der Waals surface area contributed by atoms with Crippen LogP contribution in [0.3, 0.4) is 0 Å². The average molecular weight is 421 g/mol. The maximum Gasteiger partial charge on any atom is 0.227 e. The van der Waals surface area contributed by atoms with Crippen molar-refractivity contribution >= 4 is 22.4 Å². The van der Waals surface area contributed by atoms with Crippen LogP contribution in [0.25, 0.3) is 10.6 Å². The van der Waals surface area contributed by atoms with Gasteiger partial charge in [-0.15, -0.1) is 10.2 Å². The number of nitrogens with one attached hydrogen (secondary N) is 1. The Morgan fingerprint density at radius 3 is 2.45 bits per heavy atom. The van der Waals surface area contributed by atoms with Crippen LogP contribution in [0.15, 0.2) is 12.1 Å². The topological polar surface area (TPSA) is 85.8 Å². The molecule has 1 aliphatic rings. The molecule has 8 nitrogen and oxygen atoms in total. The third kappa shape index (κ3) is 5.57. The lowest BCUT2D eigenvalue weighted by molar-refractivity contribution is -0.116. The van der Waals surface area contributed by atoms with Crippen LogP contribution in [0.1, 0.15) is 32.6 Å². The van der Waals surface area contributed by atoms with Crippen LogP contribution >= 0.6 is 11.3 Å². The number of ether oxygens (including phenoxy) is 3. The van der Waals surface area contributed by atoms with E-state index in [1.165, 1.54) is 30.6 Å². The van der Waals surface area contributed by atoms with E-state index in [1.807, 2.05) is 19.1 Å². The van der Waals surface area contributed by atoms with Gasteiger partial charge >= 0.3 is 0 Å². The number of anilines is 1. The second-order valence-electron chi connectivity index (χ2n) is 6.76. The van der Waals surface area contributed by atoms with Gasteiger partial charge in [-0.25, -0.2) is 0 Å². The molecule has 2 heterocycles. The van der Waals surface area contributed by atoms with Gasteiger partial charge in [0.2, 0.25) is 16.8 Å². The first kappa shape index (κ1) is 21.3. The highest BCUT2D eigenvalue weighted by molar-refractivity contribution is 7.18. The Labute approximate surface area is 175 Å². The predicted octanol–water partition coefficient (Wildman–Crippen LogP) is 3.44. The van der Waals surface area contributed by atoms with E-state index in [9.17, 15) is 4.79 Å². The van der Waals surface area contributed by atoms with Crippen molar-refractivity contribution in [1.29, 1.82) is 0 Å². The van der Waals surface area contributed by atoms with Crippen LogP contribution < -0.4 is 19.5 Å². The zero-order valence-electron chi connectivity index (χ0n) is 17.2. The summed E-state index contributed by atoms with van der Waals surface area (Å²) < 4.78 is 16.5. The maximum atomic E-state index is 12.3. The summed E-state index contributed by atoms with van der Waals surface area (Å²) in [6, 6.07) is 3.66. The number of hydrogen-bond donors (Lipinski definition) is 1. The number of amides is 1. The van der Waals surface area contributed by atoms with Gasteiger partial charge in [0.15, 0.2) is 11.5 Å². The molecular weight excluding hydrogens is 392 g/mol. The molecule has 1 saturated heterocycles. The fraction of sp³-hybridized carbons (Fsp3) is 0.550. The van der Waals surface area contributed by atoms with Crippen molar-refractivity contribution in [2.45, 2.75) is 32.6 Å². The summed E-state index contributed by atoms with van der Waals surface area (Å²) in [4.78, 5) is 14.6. The Hall–Kier alpha value is -2.39. The van der Waals surface area contributed by atoms with Crippen molar-refractivity contribution < 1.29 is 19.0 Å². The second kappa shape index (κ2) is 10.4. The zero-order chi connectivity index (χ0) is 20.6. The molecule has 0 radical (unpaired) electrons. The van der Waals surface area contributed by atoms with Gasteiger partial charge in [-0.3, -0.25) is 4.79 Å². The largest absolute Gasteiger partial charge is 0.493 e. The molecule has 0 aliphatic carbocycles. The summed E-state index contributed by atoms with van der Waals surface area (Å²) in [5, 5.41) is 12.3. The predicted molar refractivity (Wildman–Crippen MR) is 113 cm³/mol. The van der Waals surface area contributed by atoms with Crippen LogP contribution in [0, 0.1) is 0 Å². The molecule has 0 unspecified atom stereocenters. The van der Waals surface area contributed by atoms with Gasteiger partial charge in [-0.1, -0.05) is 17.8 Å². The molecule has 1 aromatic heterocycles. The maximum absolute atomic E-state index is 12.3. The van der Waals surface area contributed by atoms with Crippen molar-refractivity contribution in [3.8, 4) is 27.8 Å². The Balaban J connectivity index is 1.66. The molecule has 0 saturated carbocycles. The van der Waals surface area contributed by atoms with Crippen LogP contribution in [0.5, 0.6) is 17.2 Å². The van der Waals surface area contributed by atoms with Gasteiger partial charge in [-0.05, 0) is 45.0 Å². The summed E-state index contributed by atoms with van der Waals surface area (Å²) in [5.41, 5.74) is 0.786. The lowest BCUT2D eigenvalue weighted by Gasteiger charge is -2.25. The molecule has 0 spiro atoms. The molecule has 1 amide bonds. The third-order valence-electron chi connectivity index (χ3n) is 4.77. The fourth-order valence-corrected chi connectivity index (χ4v) is 4.05. The van der Waals surface area contributed by atoms with Gasteiger partial charge in [-0.2, -0.15) is 0 Å². The minimum atomic E-state index is -0.0415. The lowest BCUT2D eigenvalue weighted by atomic mass is 10.1. The fourth-order valence-electron chi connectivity index (χ4n) is 3.30. The number of hydrogen-bond acceptors (Lipinski definition) is 8. The Morgan fingerprint density at radius 1 is 1.14 bits per heavy atom. The minimum Gasteiger partial charge on any atom is -0.493 e. The summed E-state index contributed by atoms with van der Waals surface area (Å²) in [6.07, 6.45) is 4.18. The smallest absolute Gasteiger partial charge is 0.227 e. The number of carbonyl (C=O) groups is 1. The normalized spacial score (nSPS) is 14.4. The van der Waals surface area contributed by atoms with E-state index in [2.05, 4.69) is 20.4 Å². The van der Waals surface area contributed by atoms with Crippen LogP contribution in [0.4, 0.5) is 5.13 Å². The molecular formula is C20H28N4O4S. The molecule has 158 valence electrons. The molecule has 0 bridgehead atoms. The van der Waals surface area contributed by atoms with E-state index in [1.54, 1.807) is 14.2 Å². The number of nitrogens with zero attached hydrogens (tertiary/aromatic N) is 3. The molecule has 9 heteroatoms. The van der Waals surface area contributed by atoms with Crippen molar-refractivity contribution in [2.24, 2.45) is 0 Å². The number of methoxy groups -OCH3 is 2. The number of aromatic nitrogens is 2. The number of benzene rings is 1. The first-order valence-corrected chi connectivity index (χ1v) is 10.7. The molecule has 1 fully saturated rings. The van der Waals surface area contributed by atoms with E-state index in [0.29, 0.717) is 40.4 Å². The molecule has 0 atom stereocenters. The van der Waals surface area contributed by atoms with Crippen molar-refractivity contribution in [3.05, 3.63) is 12.1 Å². The quantitative estimate of drug-likeness (QED) is 0.665. The van der Waals surface area contributed by atoms with Crippen molar-refractivity contribution in [2.75, 3.05) is 45.8 Å². The van der Waals surface area contributed by atoms with Crippen LogP contribution in [-0.4, -0.2) is 61.5 Å². The summed E-state index contributed by atoms with van der Waals surface area (Å²) in [7, 11) is 3.16. The molecule has 1 N–H and O–H groups in total. The van der Waals surface area contributed by atoms with E-state index in [0.717, 1.165) is 25.2 Å². The summed E-state index contributed by atoms with van der Waals surface area (Å²) >= 11 is 1.31. The number of rotatable bonds is 9. The van der Waals surface area contributed by atoms with Crippen molar-refractivity contribution in [1.82, 2.24) is 15.1 Å². The van der Waals surface area contributed by atoms with Crippen molar-refractivity contribution in [3.63, 3.8) is 0 Å². The first-order chi connectivity index (χ1) is 14.1. The number of likely N-dealkylation sites (tertiary alicyclic amines) is 1. The van der Waals surface area contributed by atoms with E-state index in [-0.39, 0.29) is 5.91 Å². The second-order valence-corrected chi connectivity index (χ2v) is 7.73.